The van der Waals surface area contributed by atoms with Gasteiger partial charge in [0.1, 0.15) is 5.82 Å². The number of hydrogen-bond acceptors (Lipinski definition) is 5. The smallest absolute Gasteiger partial charge is 0.237 e. The molecule has 1 saturated heterocycles. The summed E-state index contributed by atoms with van der Waals surface area (Å²) in [6.45, 7) is 5.12. The Kier molecular flexibility index (Phi) is 4.22. The van der Waals surface area contributed by atoms with E-state index in [1.165, 1.54) is 0 Å². The Morgan fingerprint density at radius 3 is 2.95 bits per heavy atom. The monoisotopic (exact) mass is 326 g/mol. The maximum absolute atomic E-state index is 12.6. The highest BCUT2D eigenvalue weighted by molar-refractivity contribution is 7.91. The number of likely N-dealkylation sites (N-methyl/N-ethyl adjacent to an activating group) is 1. The molecule has 1 aromatic rings. The molecule has 0 spiro atoms. The summed E-state index contributed by atoms with van der Waals surface area (Å²) in [6, 6.07) is -0.158. The molecule has 0 aliphatic carbocycles. The molecule has 3 heterocycles. The molecule has 7 nitrogen and oxygen atoms in total. The predicted molar refractivity (Wildman–Crippen MR) is 81.9 cm³/mol. The molecule has 0 N–H and O–H groups in total. The molecule has 1 amide bonds. The normalized spacial score (nSPS) is 24.1. The molecule has 3 rings (SSSR count). The topological polar surface area (TPSA) is 75.5 Å². The molecule has 0 bridgehead atoms. The third kappa shape index (κ3) is 3.17. The number of hydrogen-bond donors (Lipinski definition) is 0. The van der Waals surface area contributed by atoms with Crippen molar-refractivity contribution in [1.82, 2.24) is 19.4 Å². The van der Waals surface area contributed by atoms with Crippen molar-refractivity contribution in [2.24, 2.45) is 0 Å². The van der Waals surface area contributed by atoms with E-state index in [4.69, 9.17) is 0 Å². The molecule has 1 aromatic heterocycles. The first-order valence-electron chi connectivity index (χ1n) is 7.71. The van der Waals surface area contributed by atoms with Gasteiger partial charge in [-0.3, -0.25) is 9.69 Å². The molecule has 0 radical (unpaired) electrons. The lowest BCUT2D eigenvalue weighted by molar-refractivity contribution is -0.134. The van der Waals surface area contributed by atoms with E-state index >= 15 is 0 Å². The molecule has 0 unspecified atom stereocenters. The Morgan fingerprint density at radius 1 is 1.45 bits per heavy atom. The van der Waals surface area contributed by atoms with Crippen molar-refractivity contribution in [3.8, 4) is 0 Å². The van der Waals surface area contributed by atoms with Crippen LogP contribution in [0.25, 0.3) is 0 Å². The minimum Gasteiger partial charge on any atom is -0.338 e. The lowest BCUT2D eigenvalue weighted by atomic mass is 10.2. The summed E-state index contributed by atoms with van der Waals surface area (Å²) in [5, 5.41) is 0. The van der Waals surface area contributed by atoms with E-state index in [2.05, 4.69) is 14.5 Å². The predicted octanol–water partition coefficient (Wildman–Crippen LogP) is -0.266. The Hall–Kier alpha value is -1.41. The Bertz CT molecular complexity index is 655. The summed E-state index contributed by atoms with van der Waals surface area (Å²) in [5.74, 6) is 1.30. The van der Waals surface area contributed by atoms with Crippen LogP contribution in [0.1, 0.15) is 19.2 Å². The van der Waals surface area contributed by atoms with Crippen LogP contribution in [0, 0.1) is 0 Å². The van der Waals surface area contributed by atoms with Crippen molar-refractivity contribution in [2.45, 2.75) is 32.5 Å². The molecule has 1 atom stereocenters. The second-order valence-electron chi connectivity index (χ2n) is 5.98. The summed E-state index contributed by atoms with van der Waals surface area (Å²) in [5.41, 5.74) is 0. The molecular weight excluding hydrogens is 304 g/mol. The Labute approximate surface area is 130 Å². The summed E-state index contributed by atoms with van der Waals surface area (Å²) >= 11 is 0. The molecule has 22 heavy (non-hydrogen) atoms. The average molecular weight is 326 g/mol. The van der Waals surface area contributed by atoms with Gasteiger partial charge in [-0.1, -0.05) is 0 Å². The van der Waals surface area contributed by atoms with Gasteiger partial charge in [0.25, 0.3) is 0 Å². The molecule has 1 fully saturated rings. The van der Waals surface area contributed by atoms with Gasteiger partial charge in [-0.2, -0.15) is 0 Å². The van der Waals surface area contributed by atoms with Gasteiger partial charge in [-0.05, 0) is 13.3 Å². The number of carbonyl (C=O) groups excluding carboxylic acids is 1. The highest BCUT2D eigenvalue weighted by Crippen LogP contribution is 2.18. The number of sulfone groups is 1. The fourth-order valence-electron chi connectivity index (χ4n) is 3.30. The van der Waals surface area contributed by atoms with Crippen LogP contribution >= 0.6 is 0 Å². The summed E-state index contributed by atoms with van der Waals surface area (Å²) in [4.78, 5) is 20.7. The van der Waals surface area contributed by atoms with Crippen molar-refractivity contribution in [2.75, 3.05) is 31.1 Å². The van der Waals surface area contributed by atoms with Crippen LogP contribution in [-0.2, 0) is 27.7 Å². The van der Waals surface area contributed by atoms with Gasteiger partial charge in [-0.15, -0.1) is 0 Å². The van der Waals surface area contributed by atoms with Crippen molar-refractivity contribution in [3.05, 3.63) is 18.2 Å². The van der Waals surface area contributed by atoms with E-state index in [0.717, 1.165) is 18.9 Å². The first-order valence-corrected chi connectivity index (χ1v) is 9.53. The number of fused-ring (bicyclic) bond motifs is 1. The Morgan fingerprint density at radius 2 is 2.27 bits per heavy atom. The SMILES string of the molecule is CCN(C(=O)CN1CCn2ccnc2C1)[C@H]1CCS(=O)(=O)C1. The molecule has 2 aliphatic rings. The second-order valence-corrected chi connectivity index (χ2v) is 8.21. The molecular formula is C14H22N4O3S. The lowest BCUT2D eigenvalue weighted by Gasteiger charge is -2.32. The lowest BCUT2D eigenvalue weighted by Crippen LogP contribution is -2.47. The number of carbonyl (C=O) groups is 1. The fraction of sp³-hybridized carbons (Fsp3) is 0.714. The van der Waals surface area contributed by atoms with Crippen LogP contribution < -0.4 is 0 Å². The van der Waals surface area contributed by atoms with Crippen LogP contribution in [0.4, 0.5) is 0 Å². The highest BCUT2D eigenvalue weighted by atomic mass is 32.2. The third-order valence-corrected chi connectivity index (χ3v) is 6.24. The van der Waals surface area contributed by atoms with Crippen molar-refractivity contribution in [1.29, 1.82) is 0 Å². The van der Waals surface area contributed by atoms with Gasteiger partial charge in [0.2, 0.25) is 5.91 Å². The number of aromatic nitrogens is 2. The fourth-order valence-corrected chi connectivity index (χ4v) is 5.03. The minimum absolute atomic E-state index is 0.0182. The molecule has 0 aromatic carbocycles. The van der Waals surface area contributed by atoms with Crippen molar-refractivity contribution < 1.29 is 13.2 Å². The van der Waals surface area contributed by atoms with Crippen LogP contribution in [0.3, 0.4) is 0 Å². The number of rotatable bonds is 4. The van der Waals surface area contributed by atoms with Crippen molar-refractivity contribution >= 4 is 15.7 Å². The van der Waals surface area contributed by atoms with Gasteiger partial charge in [0, 0.05) is 38.1 Å². The van der Waals surface area contributed by atoms with E-state index in [1.807, 2.05) is 13.1 Å². The highest BCUT2D eigenvalue weighted by Gasteiger charge is 2.34. The first-order chi connectivity index (χ1) is 10.5. The van der Waals surface area contributed by atoms with Crippen LogP contribution in [0.5, 0.6) is 0 Å². The second kappa shape index (κ2) is 6.00. The average Bonchev–Trinajstić information content (AvgIpc) is 3.05. The number of imidazole rings is 1. The summed E-state index contributed by atoms with van der Waals surface area (Å²) in [7, 11) is -2.97. The van der Waals surface area contributed by atoms with Gasteiger partial charge in [-0.25, -0.2) is 13.4 Å². The van der Waals surface area contributed by atoms with Crippen LogP contribution in [0.2, 0.25) is 0 Å². The Balaban J connectivity index is 1.61. The van der Waals surface area contributed by atoms with E-state index < -0.39 is 9.84 Å². The maximum Gasteiger partial charge on any atom is 0.237 e. The van der Waals surface area contributed by atoms with Gasteiger partial charge in [0.05, 0.1) is 24.6 Å². The molecule has 8 heteroatoms. The van der Waals surface area contributed by atoms with E-state index in [1.54, 1.807) is 11.1 Å². The number of nitrogens with zero attached hydrogens (tertiary/aromatic N) is 4. The van der Waals surface area contributed by atoms with Crippen LogP contribution in [-0.4, -0.2) is 70.9 Å². The quantitative estimate of drug-likeness (QED) is 0.762. The zero-order valence-corrected chi connectivity index (χ0v) is 13.6. The zero-order chi connectivity index (χ0) is 15.7. The third-order valence-electron chi connectivity index (χ3n) is 4.49. The largest absolute Gasteiger partial charge is 0.338 e. The van der Waals surface area contributed by atoms with E-state index in [9.17, 15) is 13.2 Å². The van der Waals surface area contributed by atoms with Gasteiger partial charge < -0.3 is 9.47 Å². The van der Waals surface area contributed by atoms with E-state index in [-0.39, 0.29) is 23.5 Å². The number of amides is 1. The zero-order valence-electron chi connectivity index (χ0n) is 12.8. The standard InChI is InChI=1S/C14H22N4O3S/c1-2-18(12-3-8-22(20,21)11-12)14(19)10-16-6-7-17-5-4-15-13(17)9-16/h4-5,12H,2-3,6-11H2,1H3/t12-/m0/s1. The van der Waals surface area contributed by atoms with E-state index in [0.29, 0.717) is 26.1 Å². The first kappa shape index (κ1) is 15.5. The summed E-state index contributed by atoms with van der Waals surface area (Å²) in [6.07, 6.45) is 4.30. The van der Waals surface area contributed by atoms with Crippen LogP contribution in [0.15, 0.2) is 12.4 Å². The maximum atomic E-state index is 12.6. The molecule has 122 valence electrons. The van der Waals surface area contributed by atoms with Gasteiger partial charge >= 0.3 is 0 Å². The van der Waals surface area contributed by atoms with Gasteiger partial charge in [0.15, 0.2) is 9.84 Å². The minimum atomic E-state index is -2.97. The van der Waals surface area contributed by atoms with Crippen molar-refractivity contribution in [3.63, 3.8) is 0 Å². The summed E-state index contributed by atoms with van der Waals surface area (Å²) < 4.78 is 25.3. The molecule has 0 saturated carbocycles. The molecule has 2 aliphatic heterocycles.